The van der Waals surface area contributed by atoms with Crippen molar-refractivity contribution in [2.24, 2.45) is 11.8 Å². The molecular formula is C17H21NO2. The van der Waals surface area contributed by atoms with Gasteiger partial charge in [0, 0.05) is 19.1 Å². The predicted octanol–water partition coefficient (Wildman–Crippen LogP) is 2.86. The molecule has 4 rings (SSSR count). The Labute approximate surface area is 119 Å². The van der Waals surface area contributed by atoms with Crippen LogP contribution in [0.2, 0.25) is 0 Å². The molecule has 4 atom stereocenters. The van der Waals surface area contributed by atoms with Crippen molar-refractivity contribution in [3.05, 3.63) is 35.4 Å². The highest BCUT2D eigenvalue weighted by Gasteiger charge is 2.44. The van der Waals surface area contributed by atoms with Crippen molar-refractivity contribution >= 4 is 5.97 Å². The Bertz CT molecular complexity index is 542. The van der Waals surface area contributed by atoms with Gasteiger partial charge in [-0.15, -0.1) is 0 Å². The van der Waals surface area contributed by atoms with Gasteiger partial charge in [0.2, 0.25) is 0 Å². The molecule has 0 spiro atoms. The lowest BCUT2D eigenvalue weighted by molar-refractivity contribution is -0.140. The molecule has 1 aliphatic heterocycles. The van der Waals surface area contributed by atoms with E-state index in [0.717, 1.165) is 23.9 Å². The van der Waals surface area contributed by atoms with Crippen LogP contribution in [0.25, 0.3) is 0 Å². The Morgan fingerprint density at radius 1 is 1.20 bits per heavy atom. The van der Waals surface area contributed by atoms with E-state index in [1.807, 2.05) is 18.2 Å². The minimum atomic E-state index is -0.676. The summed E-state index contributed by atoms with van der Waals surface area (Å²) in [5.41, 5.74) is 2.24. The van der Waals surface area contributed by atoms with Gasteiger partial charge in [0.05, 0.1) is 5.92 Å². The van der Waals surface area contributed by atoms with Crippen LogP contribution in [0, 0.1) is 11.8 Å². The molecule has 3 heteroatoms. The van der Waals surface area contributed by atoms with Crippen LogP contribution in [0.4, 0.5) is 0 Å². The third kappa shape index (κ3) is 1.87. The highest BCUT2D eigenvalue weighted by Crippen LogP contribution is 2.48. The molecule has 1 N–H and O–H groups in total. The number of carbonyl (C=O) groups is 1. The minimum Gasteiger partial charge on any atom is -0.481 e. The van der Waals surface area contributed by atoms with Gasteiger partial charge in [0.25, 0.3) is 0 Å². The first kappa shape index (κ1) is 12.4. The van der Waals surface area contributed by atoms with E-state index in [1.165, 1.54) is 31.2 Å². The Morgan fingerprint density at radius 2 is 2.05 bits per heavy atom. The van der Waals surface area contributed by atoms with Gasteiger partial charge >= 0.3 is 5.97 Å². The molecule has 2 aliphatic carbocycles. The highest BCUT2D eigenvalue weighted by molar-refractivity contribution is 5.77. The van der Waals surface area contributed by atoms with Crippen molar-refractivity contribution in [3.8, 4) is 0 Å². The smallest absolute Gasteiger partial charge is 0.312 e. The molecule has 0 radical (unpaired) electrons. The van der Waals surface area contributed by atoms with E-state index >= 15 is 0 Å². The molecular weight excluding hydrogens is 250 g/mol. The summed E-state index contributed by atoms with van der Waals surface area (Å²) in [7, 11) is 0. The number of aliphatic carboxylic acids is 1. The number of benzene rings is 1. The van der Waals surface area contributed by atoms with Gasteiger partial charge in [-0.25, -0.2) is 0 Å². The first-order valence-corrected chi connectivity index (χ1v) is 7.77. The zero-order valence-electron chi connectivity index (χ0n) is 11.7. The van der Waals surface area contributed by atoms with Crippen LogP contribution in [0.1, 0.15) is 42.7 Å². The number of hydrogen-bond donors (Lipinski definition) is 1. The van der Waals surface area contributed by atoms with Crippen LogP contribution in [0.3, 0.4) is 0 Å². The fourth-order valence-electron chi connectivity index (χ4n) is 4.76. The number of carboxylic acids is 1. The summed E-state index contributed by atoms with van der Waals surface area (Å²) in [6.45, 7) is 1.63. The van der Waals surface area contributed by atoms with Gasteiger partial charge in [-0.2, -0.15) is 0 Å². The fourth-order valence-corrected chi connectivity index (χ4v) is 4.76. The molecule has 2 saturated carbocycles. The first-order valence-electron chi connectivity index (χ1n) is 7.77. The summed E-state index contributed by atoms with van der Waals surface area (Å²) in [6.07, 6.45) is 5.42. The second-order valence-electron chi connectivity index (χ2n) is 6.76. The van der Waals surface area contributed by atoms with Crippen molar-refractivity contribution in [1.29, 1.82) is 0 Å². The van der Waals surface area contributed by atoms with Crippen molar-refractivity contribution in [2.45, 2.75) is 44.2 Å². The topological polar surface area (TPSA) is 40.5 Å². The van der Waals surface area contributed by atoms with E-state index in [0.29, 0.717) is 12.6 Å². The maximum atomic E-state index is 11.6. The van der Waals surface area contributed by atoms with Crippen LogP contribution in [0.5, 0.6) is 0 Å². The normalized spacial score (nSPS) is 36.0. The van der Waals surface area contributed by atoms with Gasteiger partial charge in [-0.05, 0) is 42.2 Å². The molecule has 0 saturated heterocycles. The zero-order chi connectivity index (χ0) is 13.7. The highest BCUT2D eigenvalue weighted by atomic mass is 16.4. The van der Waals surface area contributed by atoms with Gasteiger partial charge < -0.3 is 5.11 Å². The molecule has 1 aromatic rings. The summed E-state index contributed by atoms with van der Waals surface area (Å²) >= 11 is 0. The number of fused-ring (bicyclic) bond motifs is 3. The predicted molar refractivity (Wildman–Crippen MR) is 76.5 cm³/mol. The van der Waals surface area contributed by atoms with Gasteiger partial charge in [0.1, 0.15) is 0 Å². The SMILES string of the molecule is O=C(O)C1CN(C2CC3CCC2C3)Cc2ccccc21. The Kier molecular flexibility index (Phi) is 2.84. The molecule has 20 heavy (non-hydrogen) atoms. The standard InChI is InChI=1S/C17H21NO2/c19-17(20)15-10-18(9-13-3-1-2-4-14(13)15)16-8-11-5-6-12(16)7-11/h1-4,11-12,15-16H,5-10H2,(H,19,20). The van der Waals surface area contributed by atoms with E-state index in [1.54, 1.807) is 0 Å². The number of hydrogen-bond acceptors (Lipinski definition) is 2. The third-order valence-corrected chi connectivity index (χ3v) is 5.69. The van der Waals surface area contributed by atoms with Crippen LogP contribution < -0.4 is 0 Å². The van der Waals surface area contributed by atoms with E-state index in [9.17, 15) is 9.90 Å². The largest absolute Gasteiger partial charge is 0.481 e. The molecule has 2 bridgehead atoms. The first-order chi connectivity index (χ1) is 9.72. The van der Waals surface area contributed by atoms with Gasteiger partial charge in [-0.1, -0.05) is 30.7 Å². The molecule has 1 heterocycles. The van der Waals surface area contributed by atoms with Crippen LogP contribution in [-0.2, 0) is 11.3 Å². The average Bonchev–Trinajstić information content (AvgIpc) is 3.08. The molecule has 2 fully saturated rings. The fraction of sp³-hybridized carbons (Fsp3) is 0.588. The summed E-state index contributed by atoms with van der Waals surface area (Å²) in [5, 5.41) is 9.55. The molecule has 0 aromatic heterocycles. The molecule has 1 aromatic carbocycles. The number of rotatable bonds is 2. The van der Waals surface area contributed by atoms with Gasteiger partial charge in [0.15, 0.2) is 0 Å². The van der Waals surface area contributed by atoms with Crippen molar-refractivity contribution in [2.75, 3.05) is 6.54 Å². The Morgan fingerprint density at radius 3 is 2.75 bits per heavy atom. The summed E-state index contributed by atoms with van der Waals surface area (Å²) < 4.78 is 0. The molecule has 4 unspecified atom stereocenters. The monoisotopic (exact) mass is 271 g/mol. The van der Waals surface area contributed by atoms with Crippen molar-refractivity contribution in [1.82, 2.24) is 4.90 Å². The lowest BCUT2D eigenvalue weighted by atomic mass is 9.86. The lowest BCUT2D eigenvalue weighted by Crippen LogP contribution is -2.45. The van der Waals surface area contributed by atoms with E-state index in [2.05, 4.69) is 11.0 Å². The summed E-state index contributed by atoms with van der Waals surface area (Å²) in [4.78, 5) is 14.1. The summed E-state index contributed by atoms with van der Waals surface area (Å²) in [5.74, 6) is 0.703. The van der Waals surface area contributed by atoms with Crippen molar-refractivity contribution < 1.29 is 9.90 Å². The number of carboxylic acid groups (broad SMARTS) is 1. The van der Waals surface area contributed by atoms with Crippen LogP contribution in [0.15, 0.2) is 24.3 Å². The Hall–Kier alpha value is -1.35. The van der Waals surface area contributed by atoms with Crippen LogP contribution in [-0.4, -0.2) is 28.6 Å². The lowest BCUT2D eigenvalue weighted by Gasteiger charge is -2.40. The molecule has 3 nitrogen and oxygen atoms in total. The van der Waals surface area contributed by atoms with E-state index in [4.69, 9.17) is 0 Å². The second kappa shape index (κ2) is 4.59. The molecule has 106 valence electrons. The molecule has 0 amide bonds. The second-order valence-corrected chi connectivity index (χ2v) is 6.76. The Balaban J connectivity index is 1.63. The van der Waals surface area contributed by atoms with Crippen LogP contribution >= 0.6 is 0 Å². The zero-order valence-corrected chi connectivity index (χ0v) is 11.7. The van der Waals surface area contributed by atoms with Crippen molar-refractivity contribution in [3.63, 3.8) is 0 Å². The maximum Gasteiger partial charge on any atom is 0.312 e. The third-order valence-electron chi connectivity index (χ3n) is 5.69. The summed E-state index contributed by atoms with van der Waals surface area (Å²) in [6, 6.07) is 8.71. The van der Waals surface area contributed by atoms with E-state index in [-0.39, 0.29) is 5.92 Å². The molecule has 3 aliphatic rings. The number of nitrogens with zero attached hydrogens (tertiary/aromatic N) is 1. The maximum absolute atomic E-state index is 11.6. The van der Waals surface area contributed by atoms with E-state index < -0.39 is 5.97 Å². The minimum absolute atomic E-state index is 0.348. The van der Waals surface area contributed by atoms with Gasteiger partial charge in [-0.3, -0.25) is 9.69 Å². The quantitative estimate of drug-likeness (QED) is 0.899. The average molecular weight is 271 g/mol.